The molecule has 2 unspecified atom stereocenters. The highest BCUT2D eigenvalue weighted by atomic mass is 16.1. The smallest absolute Gasteiger partial charge is 0.229 e. The zero-order chi connectivity index (χ0) is 19.5. The number of piperidine rings is 1. The predicted molar refractivity (Wildman–Crippen MR) is 108 cm³/mol. The van der Waals surface area contributed by atoms with Crippen LogP contribution >= 0.6 is 0 Å². The van der Waals surface area contributed by atoms with Gasteiger partial charge in [0.1, 0.15) is 11.4 Å². The van der Waals surface area contributed by atoms with Crippen LogP contribution in [0.25, 0.3) is 0 Å². The van der Waals surface area contributed by atoms with E-state index in [1.807, 2.05) is 43.5 Å². The van der Waals surface area contributed by atoms with E-state index in [9.17, 15) is 4.79 Å². The molecule has 1 N–H and O–H groups in total. The third kappa shape index (κ3) is 3.71. The van der Waals surface area contributed by atoms with Crippen LogP contribution in [0, 0.1) is 13.8 Å². The lowest BCUT2D eigenvalue weighted by molar-refractivity contribution is 0.102. The van der Waals surface area contributed by atoms with Gasteiger partial charge in [-0.25, -0.2) is 4.98 Å². The van der Waals surface area contributed by atoms with Gasteiger partial charge in [0.05, 0.1) is 23.5 Å². The molecule has 0 aliphatic carbocycles. The molecule has 4 rings (SSSR count). The molecular weight excluding hydrogens is 348 g/mol. The molecule has 2 atom stereocenters. The molecule has 3 aromatic rings. The highest BCUT2D eigenvalue weighted by Gasteiger charge is 2.26. The first kappa shape index (κ1) is 18.4. The number of rotatable bonds is 4. The summed E-state index contributed by atoms with van der Waals surface area (Å²) in [6.45, 7) is 3.99. The van der Waals surface area contributed by atoms with Crippen molar-refractivity contribution in [2.75, 3.05) is 0 Å². The van der Waals surface area contributed by atoms with Gasteiger partial charge in [-0.2, -0.15) is 0 Å². The molecule has 28 heavy (non-hydrogen) atoms. The Balaban J connectivity index is 1.58. The topological polar surface area (TPSA) is 67.8 Å². The number of ketones is 1. The summed E-state index contributed by atoms with van der Waals surface area (Å²) in [6.07, 6.45) is 6.64. The molecule has 0 bridgehead atoms. The second kappa shape index (κ2) is 7.98. The molecule has 0 spiro atoms. The molecule has 0 aromatic carbocycles. The number of aromatic nitrogens is 3. The lowest BCUT2D eigenvalue weighted by atomic mass is 9.92. The van der Waals surface area contributed by atoms with Crippen LogP contribution in [-0.4, -0.2) is 20.7 Å². The second-order valence-corrected chi connectivity index (χ2v) is 7.35. The first-order chi connectivity index (χ1) is 13.6. The van der Waals surface area contributed by atoms with Gasteiger partial charge in [-0.3, -0.25) is 14.8 Å². The Morgan fingerprint density at radius 1 is 0.929 bits per heavy atom. The molecule has 1 aliphatic rings. The summed E-state index contributed by atoms with van der Waals surface area (Å²) in [6, 6.07) is 13.8. The maximum atomic E-state index is 12.9. The normalized spacial score (nSPS) is 19.4. The fourth-order valence-electron chi connectivity index (χ4n) is 3.86. The molecule has 5 nitrogen and oxygen atoms in total. The number of hydrogen-bond donors (Lipinski definition) is 1. The van der Waals surface area contributed by atoms with Gasteiger partial charge in [-0.15, -0.1) is 0 Å². The van der Waals surface area contributed by atoms with Gasteiger partial charge in [0.25, 0.3) is 0 Å². The monoisotopic (exact) mass is 372 g/mol. The van der Waals surface area contributed by atoms with Crippen molar-refractivity contribution in [2.45, 2.75) is 45.2 Å². The number of hydrogen-bond acceptors (Lipinski definition) is 5. The number of carbonyl (C=O) groups is 1. The Hall–Kier alpha value is -2.92. The van der Waals surface area contributed by atoms with Gasteiger partial charge < -0.3 is 5.32 Å². The third-order valence-electron chi connectivity index (χ3n) is 5.35. The van der Waals surface area contributed by atoms with E-state index >= 15 is 0 Å². The fourth-order valence-corrected chi connectivity index (χ4v) is 3.86. The van der Waals surface area contributed by atoms with Gasteiger partial charge in [0.15, 0.2) is 0 Å². The van der Waals surface area contributed by atoms with Crippen LogP contribution in [0.3, 0.4) is 0 Å². The van der Waals surface area contributed by atoms with Crippen LogP contribution in [0.15, 0.2) is 54.9 Å². The average molecular weight is 372 g/mol. The number of pyridine rings is 3. The summed E-state index contributed by atoms with van der Waals surface area (Å²) >= 11 is 0. The van der Waals surface area contributed by atoms with E-state index in [0.29, 0.717) is 11.4 Å². The Kier molecular flexibility index (Phi) is 5.26. The first-order valence-electron chi connectivity index (χ1n) is 9.74. The van der Waals surface area contributed by atoms with Crippen molar-refractivity contribution in [1.29, 1.82) is 0 Å². The molecule has 1 saturated heterocycles. The maximum Gasteiger partial charge on any atom is 0.229 e. The molecule has 142 valence electrons. The van der Waals surface area contributed by atoms with E-state index in [-0.39, 0.29) is 17.9 Å². The maximum absolute atomic E-state index is 12.9. The Bertz CT molecular complexity index is 1000. The lowest BCUT2D eigenvalue weighted by Crippen LogP contribution is -2.32. The largest absolute Gasteiger partial charge is 0.300 e. The second-order valence-electron chi connectivity index (χ2n) is 7.35. The molecule has 0 saturated carbocycles. The molecule has 3 aromatic heterocycles. The van der Waals surface area contributed by atoms with E-state index in [2.05, 4.69) is 28.3 Å². The summed E-state index contributed by atoms with van der Waals surface area (Å²) in [5.41, 5.74) is 4.97. The SMILES string of the molecule is Cc1cccnc1C(=O)c1cccc(C2CCCC(c3ncccc3C)N2)n1. The summed E-state index contributed by atoms with van der Waals surface area (Å²) in [4.78, 5) is 26.4. The fraction of sp³-hybridized carbons (Fsp3) is 0.304. The molecule has 4 heterocycles. The van der Waals surface area contributed by atoms with Gasteiger partial charge in [-0.05, 0) is 68.5 Å². The van der Waals surface area contributed by atoms with Crippen molar-refractivity contribution in [3.63, 3.8) is 0 Å². The standard InChI is InChI=1S/C23H24N4O/c1-15-7-5-13-24-21(15)19-11-3-9-17(26-19)18-10-4-12-20(27-18)23(28)22-16(2)8-6-14-25-22/h4-8,10,12-14,17,19,26H,3,9,11H2,1-2H3. The van der Waals surface area contributed by atoms with Crippen molar-refractivity contribution in [3.05, 3.63) is 88.8 Å². The predicted octanol–water partition coefficient (Wildman–Crippen LogP) is 4.28. The van der Waals surface area contributed by atoms with Gasteiger partial charge in [0.2, 0.25) is 5.78 Å². The van der Waals surface area contributed by atoms with Crippen molar-refractivity contribution >= 4 is 5.78 Å². The molecule has 1 aliphatic heterocycles. The van der Waals surface area contributed by atoms with E-state index in [0.717, 1.165) is 36.2 Å². The van der Waals surface area contributed by atoms with E-state index < -0.39 is 0 Å². The third-order valence-corrected chi connectivity index (χ3v) is 5.35. The Morgan fingerprint density at radius 2 is 1.68 bits per heavy atom. The van der Waals surface area contributed by atoms with Crippen LogP contribution in [0.1, 0.15) is 70.0 Å². The minimum absolute atomic E-state index is 0.109. The molecule has 1 fully saturated rings. The highest BCUT2D eigenvalue weighted by Crippen LogP contribution is 2.32. The minimum atomic E-state index is -0.132. The van der Waals surface area contributed by atoms with E-state index in [4.69, 9.17) is 4.98 Å². The Labute approximate surface area is 165 Å². The Morgan fingerprint density at radius 3 is 2.46 bits per heavy atom. The van der Waals surface area contributed by atoms with Gasteiger partial charge >= 0.3 is 0 Å². The van der Waals surface area contributed by atoms with Gasteiger partial charge in [0, 0.05) is 12.4 Å². The molecule has 0 amide bonds. The van der Waals surface area contributed by atoms with Crippen LogP contribution in [-0.2, 0) is 0 Å². The van der Waals surface area contributed by atoms with E-state index in [1.54, 1.807) is 12.3 Å². The average Bonchev–Trinajstić information content (AvgIpc) is 2.74. The summed E-state index contributed by atoms with van der Waals surface area (Å²) in [5, 5.41) is 3.69. The number of nitrogens with one attached hydrogen (secondary N) is 1. The van der Waals surface area contributed by atoms with Gasteiger partial charge in [-0.1, -0.05) is 18.2 Å². The highest BCUT2D eigenvalue weighted by molar-refractivity contribution is 6.07. The van der Waals surface area contributed by atoms with Crippen LogP contribution in [0.2, 0.25) is 0 Å². The molecule has 5 heteroatoms. The molecule has 0 radical (unpaired) electrons. The summed E-state index contributed by atoms with van der Waals surface area (Å²) in [7, 11) is 0. The van der Waals surface area contributed by atoms with Crippen LogP contribution < -0.4 is 5.32 Å². The number of nitrogens with zero attached hydrogens (tertiary/aromatic N) is 3. The summed E-state index contributed by atoms with van der Waals surface area (Å²) < 4.78 is 0. The van der Waals surface area contributed by atoms with Crippen LogP contribution in [0.5, 0.6) is 0 Å². The summed E-state index contributed by atoms with van der Waals surface area (Å²) in [5.74, 6) is -0.132. The lowest BCUT2D eigenvalue weighted by Gasteiger charge is -2.31. The zero-order valence-electron chi connectivity index (χ0n) is 16.2. The molecular formula is C23H24N4O. The number of aryl methyl sites for hydroxylation is 2. The zero-order valence-corrected chi connectivity index (χ0v) is 16.2. The quantitative estimate of drug-likeness (QED) is 0.693. The first-order valence-corrected chi connectivity index (χ1v) is 9.74. The van der Waals surface area contributed by atoms with Crippen molar-refractivity contribution in [2.24, 2.45) is 0 Å². The van der Waals surface area contributed by atoms with Crippen molar-refractivity contribution in [1.82, 2.24) is 20.3 Å². The van der Waals surface area contributed by atoms with E-state index in [1.165, 1.54) is 5.56 Å². The van der Waals surface area contributed by atoms with Crippen molar-refractivity contribution in [3.8, 4) is 0 Å². The number of carbonyl (C=O) groups excluding carboxylic acids is 1. The van der Waals surface area contributed by atoms with Crippen molar-refractivity contribution < 1.29 is 4.79 Å². The minimum Gasteiger partial charge on any atom is -0.300 e. The van der Waals surface area contributed by atoms with Crippen LogP contribution in [0.4, 0.5) is 0 Å².